The number of carbonyl (C=O) groups excluding carboxylic acids is 4. The molecule has 0 saturated carbocycles. The molecule has 2 saturated heterocycles. The Kier molecular flexibility index (Phi) is 8.88. The number of piperidine rings is 1. The van der Waals surface area contributed by atoms with E-state index < -0.39 is 35.5 Å². The van der Waals surface area contributed by atoms with Gasteiger partial charge in [0.05, 0.1) is 16.8 Å². The molecule has 1 N–H and O–H groups in total. The van der Waals surface area contributed by atoms with Gasteiger partial charge in [0, 0.05) is 66.7 Å². The van der Waals surface area contributed by atoms with E-state index >= 15 is 4.39 Å². The highest BCUT2D eigenvalue weighted by atomic mass is 35.5. The number of nitrogens with zero attached hydrogens (tertiary/aromatic N) is 7. The van der Waals surface area contributed by atoms with Crippen molar-refractivity contribution < 1.29 is 23.6 Å². The summed E-state index contributed by atoms with van der Waals surface area (Å²) >= 11 is 7.99. The Morgan fingerprint density at radius 1 is 0.942 bits per heavy atom. The lowest BCUT2D eigenvalue weighted by atomic mass is 9.99. The van der Waals surface area contributed by atoms with E-state index in [0.717, 1.165) is 77.5 Å². The zero-order valence-corrected chi connectivity index (χ0v) is 30.5. The van der Waals surface area contributed by atoms with Gasteiger partial charge in [-0.15, -0.1) is 21.5 Å². The molecule has 0 spiro atoms. The molecule has 12 nitrogen and oxygen atoms in total. The summed E-state index contributed by atoms with van der Waals surface area (Å²) in [4.78, 5) is 62.4. The first kappa shape index (κ1) is 34.5. The van der Waals surface area contributed by atoms with E-state index in [9.17, 15) is 19.2 Å². The molecule has 6 heterocycles. The number of rotatable bonds is 7. The van der Waals surface area contributed by atoms with Crippen LogP contribution in [0.3, 0.4) is 0 Å². The number of aliphatic imine (C=N–C) groups is 1. The minimum Gasteiger partial charge on any atom is -0.301 e. The lowest BCUT2D eigenvalue weighted by Crippen LogP contribution is -2.54. The van der Waals surface area contributed by atoms with Crippen LogP contribution in [0.1, 0.15) is 84.8 Å². The minimum atomic E-state index is -1.14. The summed E-state index contributed by atoms with van der Waals surface area (Å²) in [5, 5.41) is 13.0. The molecule has 0 radical (unpaired) electrons. The van der Waals surface area contributed by atoms with Gasteiger partial charge in [-0.25, -0.2) is 4.39 Å². The number of benzene rings is 2. The van der Waals surface area contributed by atoms with Crippen LogP contribution in [0.4, 0.5) is 4.39 Å². The fraction of sp³-hybridized carbons (Fsp3) is 0.378. The third-order valence-electron chi connectivity index (χ3n) is 10.5. The van der Waals surface area contributed by atoms with Gasteiger partial charge < -0.3 is 4.90 Å². The number of nitrogens with one attached hydrogen (secondary N) is 1. The van der Waals surface area contributed by atoms with Crippen molar-refractivity contribution in [2.75, 3.05) is 32.7 Å². The van der Waals surface area contributed by atoms with E-state index in [4.69, 9.17) is 16.6 Å². The summed E-state index contributed by atoms with van der Waals surface area (Å²) in [6.07, 6.45) is 0.746. The van der Waals surface area contributed by atoms with Crippen LogP contribution >= 0.6 is 22.9 Å². The van der Waals surface area contributed by atoms with E-state index in [0.29, 0.717) is 17.1 Å². The topological polar surface area (TPSA) is 133 Å². The third kappa shape index (κ3) is 5.96. The van der Waals surface area contributed by atoms with Crippen LogP contribution in [0.2, 0.25) is 5.02 Å². The van der Waals surface area contributed by atoms with E-state index in [1.807, 2.05) is 31.2 Å². The number of imide groups is 2. The molecule has 2 atom stereocenters. The van der Waals surface area contributed by atoms with Crippen molar-refractivity contribution in [3.63, 3.8) is 0 Å². The van der Waals surface area contributed by atoms with E-state index in [-0.39, 0.29) is 30.0 Å². The predicted molar refractivity (Wildman–Crippen MR) is 193 cm³/mol. The summed E-state index contributed by atoms with van der Waals surface area (Å²) in [7, 11) is 0. The Morgan fingerprint density at radius 2 is 1.67 bits per heavy atom. The van der Waals surface area contributed by atoms with Crippen LogP contribution in [0.15, 0.2) is 41.4 Å². The van der Waals surface area contributed by atoms with Crippen LogP contribution in [-0.4, -0.2) is 97.6 Å². The SMILES string of the molecule is Cc1sc2c(c1C)C(c1ccc(Cl)cc1)=N[C@@H](CCN1CCN(Cc3cc(F)c4c(c3)C(=O)N(C3CCC(=O)NC3=O)C4=O)CC1)c1nnc(C)n1-2. The molecule has 1 unspecified atom stereocenters. The van der Waals surface area contributed by atoms with Gasteiger partial charge in [-0.3, -0.25) is 43.9 Å². The normalized spacial score (nSPS) is 20.8. The first-order valence-corrected chi connectivity index (χ1v) is 18.5. The summed E-state index contributed by atoms with van der Waals surface area (Å²) in [5.41, 5.74) is 4.42. The number of hydrogen-bond donors (Lipinski definition) is 1. The summed E-state index contributed by atoms with van der Waals surface area (Å²) < 4.78 is 17.5. The second-order valence-corrected chi connectivity index (χ2v) is 15.4. The standard InChI is InChI=1S/C37H36ClFN8O4S/c1-19-20(2)52-37-30(19)32(23-4-6-24(38)7-5-23)40-27(33-43-42-21(3)46(33)37)10-11-44-12-14-45(15-13-44)18-22-16-25-31(26(39)17-22)36(51)47(35(25)50)28-8-9-29(48)41-34(28)49/h4-7,16-17,27-28H,8-15,18H2,1-3H3,(H,41,48,49)/t27-,28?/m0/s1. The molecule has 4 aromatic rings. The van der Waals surface area contributed by atoms with Gasteiger partial charge in [0.15, 0.2) is 5.82 Å². The average Bonchev–Trinajstić information content (AvgIpc) is 3.68. The number of piperazine rings is 1. The summed E-state index contributed by atoms with van der Waals surface area (Å²) in [6.45, 7) is 10.4. The van der Waals surface area contributed by atoms with Crippen molar-refractivity contribution in [1.82, 2.24) is 34.8 Å². The van der Waals surface area contributed by atoms with Crippen molar-refractivity contribution >= 4 is 52.3 Å². The highest BCUT2D eigenvalue weighted by Crippen LogP contribution is 2.40. The summed E-state index contributed by atoms with van der Waals surface area (Å²) in [5.74, 6) is -1.90. The molecule has 4 aliphatic heterocycles. The molecule has 4 aliphatic rings. The van der Waals surface area contributed by atoms with E-state index in [2.05, 4.69) is 43.7 Å². The van der Waals surface area contributed by atoms with Gasteiger partial charge in [0.25, 0.3) is 11.8 Å². The molecule has 15 heteroatoms. The first-order chi connectivity index (χ1) is 25.0. The fourth-order valence-corrected chi connectivity index (χ4v) is 8.96. The van der Waals surface area contributed by atoms with Crippen LogP contribution in [-0.2, 0) is 16.1 Å². The lowest BCUT2D eigenvalue weighted by Gasteiger charge is -2.35. The Hall–Kier alpha value is -4.63. The van der Waals surface area contributed by atoms with Gasteiger partial charge in [0.1, 0.15) is 28.7 Å². The number of amides is 4. The molecule has 2 fully saturated rings. The van der Waals surface area contributed by atoms with Gasteiger partial charge in [-0.05, 0) is 69.0 Å². The van der Waals surface area contributed by atoms with Gasteiger partial charge in [-0.2, -0.15) is 0 Å². The first-order valence-electron chi connectivity index (χ1n) is 17.3. The Morgan fingerprint density at radius 3 is 2.40 bits per heavy atom. The van der Waals surface area contributed by atoms with Crippen LogP contribution in [0.25, 0.3) is 5.00 Å². The lowest BCUT2D eigenvalue weighted by molar-refractivity contribution is -0.136. The smallest absolute Gasteiger partial charge is 0.265 e. The van der Waals surface area contributed by atoms with Gasteiger partial charge in [0.2, 0.25) is 11.8 Å². The number of carbonyl (C=O) groups is 4. The van der Waals surface area contributed by atoms with Crippen LogP contribution < -0.4 is 5.32 Å². The van der Waals surface area contributed by atoms with E-state index in [1.54, 1.807) is 17.4 Å². The molecule has 268 valence electrons. The number of thiophene rings is 1. The maximum atomic E-state index is 15.4. The van der Waals surface area contributed by atoms with Gasteiger partial charge in [-0.1, -0.05) is 23.7 Å². The Bertz CT molecular complexity index is 2190. The highest BCUT2D eigenvalue weighted by molar-refractivity contribution is 7.15. The maximum absolute atomic E-state index is 15.4. The monoisotopic (exact) mass is 742 g/mol. The molecular formula is C37H36ClFN8O4S. The number of aryl methyl sites for hydroxylation is 2. The quantitative estimate of drug-likeness (QED) is 0.273. The molecule has 2 aromatic carbocycles. The molecule has 0 aliphatic carbocycles. The Labute approximate surface area is 308 Å². The third-order valence-corrected chi connectivity index (χ3v) is 11.9. The van der Waals surface area contributed by atoms with Crippen molar-refractivity contribution in [3.05, 3.63) is 97.1 Å². The molecule has 2 aromatic heterocycles. The largest absolute Gasteiger partial charge is 0.301 e. The Balaban J connectivity index is 0.955. The second-order valence-electron chi connectivity index (χ2n) is 13.8. The molecule has 8 rings (SSSR count). The highest BCUT2D eigenvalue weighted by Gasteiger charge is 2.46. The maximum Gasteiger partial charge on any atom is 0.265 e. The van der Waals surface area contributed by atoms with E-state index in [1.165, 1.54) is 16.5 Å². The molecular weight excluding hydrogens is 707 g/mol. The number of halogens is 2. The van der Waals surface area contributed by atoms with Crippen LogP contribution in [0, 0.1) is 26.6 Å². The van der Waals surface area contributed by atoms with Crippen molar-refractivity contribution in [2.24, 2.45) is 4.99 Å². The number of fused-ring (bicyclic) bond motifs is 4. The van der Waals surface area contributed by atoms with Crippen molar-refractivity contribution in [2.45, 2.75) is 58.7 Å². The summed E-state index contributed by atoms with van der Waals surface area (Å²) in [6, 6.07) is 9.30. The predicted octanol–water partition coefficient (Wildman–Crippen LogP) is 4.55. The fourth-order valence-electron chi connectivity index (χ4n) is 7.62. The average molecular weight is 743 g/mol. The molecule has 0 bridgehead atoms. The van der Waals surface area contributed by atoms with Crippen molar-refractivity contribution in [1.29, 1.82) is 0 Å². The number of hydrogen-bond acceptors (Lipinski definition) is 10. The molecule has 52 heavy (non-hydrogen) atoms. The number of aromatic nitrogens is 3. The molecule has 4 amide bonds. The second kappa shape index (κ2) is 13.4. The zero-order chi connectivity index (χ0) is 36.4. The minimum absolute atomic E-state index is 0.00163. The van der Waals surface area contributed by atoms with Gasteiger partial charge >= 0.3 is 0 Å². The van der Waals surface area contributed by atoms with Crippen molar-refractivity contribution in [3.8, 4) is 5.00 Å². The van der Waals surface area contributed by atoms with Crippen LogP contribution in [0.5, 0.6) is 0 Å². The zero-order valence-electron chi connectivity index (χ0n) is 28.9.